The van der Waals surface area contributed by atoms with Crippen molar-refractivity contribution in [2.24, 2.45) is 0 Å². The molecule has 0 saturated carbocycles. The van der Waals surface area contributed by atoms with Gasteiger partial charge in [0.05, 0.1) is 0 Å². The number of rotatable bonds is 4. The lowest BCUT2D eigenvalue weighted by Crippen LogP contribution is -2.15. The molecule has 1 heterocycles. The number of hydrogen-bond donors (Lipinski definition) is 0. The van der Waals surface area contributed by atoms with E-state index in [1.165, 1.54) is 115 Å². The normalized spacial score (nSPS) is 13.4. The fourth-order valence-electron chi connectivity index (χ4n) is 10.7. The van der Waals surface area contributed by atoms with E-state index in [2.05, 4.69) is 208 Å². The van der Waals surface area contributed by atoms with Crippen LogP contribution in [-0.4, -0.2) is 0 Å². The highest BCUT2D eigenvalue weighted by Crippen LogP contribution is 2.54. The van der Waals surface area contributed by atoms with Crippen LogP contribution in [0.5, 0.6) is 11.5 Å². The molecular formula is C59H38O. The summed E-state index contributed by atoms with van der Waals surface area (Å²) in [5, 5.41) is 10.3. The van der Waals surface area contributed by atoms with Crippen molar-refractivity contribution in [3.05, 3.63) is 205 Å². The first-order valence-corrected chi connectivity index (χ1v) is 21.0. The van der Waals surface area contributed by atoms with Gasteiger partial charge in [-0.25, -0.2) is 0 Å². The van der Waals surface area contributed by atoms with Crippen LogP contribution < -0.4 is 4.74 Å². The number of ether oxygens (including phenoxy) is 1. The predicted molar refractivity (Wildman–Crippen MR) is 252 cm³/mol. The molecule has 0 amide bonds. The van der Waals surface area contributed by atoms with E-state index in [1.807, 2.05) is 0 Å². The minimum absolute atomic E-state index is 0.187. The lowest BCUT2D eigenvalue weighted by Gasteiger charge is -2.24. The van der Waals surface area contributed by atoms with Crippen LogP contribution in [0.3, 0.4) is 0 Å². The van der Waals surface area contributed by atoms with Crippen molar-refractivity contribution in [2.45, 2.75) is 19.3 Å². The molecule has 0 bridgehead atoms. The Balaban J connectivity index is 0.909. The molecule has 0 fully saturated rings. The molecule has 0 unspecified atom stereocenters. The van der Waals surface area contributed by atoms with Gasteiger partial charge >= 0.3 is 0 Å². The molecule has 0 spiro atoms. The summed E-state index contributed by atoms with van der Waals surface area (Å²) >= 11 is 0. The van der Waals surface area contributed by atoms with Crippen molar-refractivity contribution >= 4 is 43.1 Å². The van der Waals surface area contributed by atoms with Gasteiger partial charge in [0, 0.05) is 16.4 Å². The first kappa shape index (κ1) is 33.5. The van der Waals surface area contributed by atoms with Crippen LogP contribution in [-0.2, 0) is 5.41 Å². The SMILES string of the molecule is CC1(C)c2cc(-c3ccc4c5c(cccc35)-c3cc(-c5ccccc5)ccc3O4)ccc2-c2ccc(-c3ccc4ccc5c(-c6ccccc6)ccc6ccc3c4c65)cc21. The Morgan fingerprint density at radius 2 is 0.800 bits per heavy atom. The molecule has 11 aromatic rings. The van der Waals surface area contributed by atoms with Gasteiger partial charge in [0.1, 0.15) is 11.5 Å². The lowest BCUT2D eigenvalue weighted by atomic mass is 9.80. The Kier molecular flexibility index (Phi) is 6.85. The van der Waals surface area contributed by atoms with E-state index in [0.29, 0.717) is 0 Å². The van der Waals surface area contributed by atoms with Gasteiger partial charge in [-0.2, -0.15) is 0 Å². The Bertz CT molecular complexity index is 3580. The number of fused-ring (bicyclic) bond motifs is 5. The largest absolute Gasteiger partial charge is 0.456 e. The monoisotopic (exact) mass is 762 g/mol. The highest BCUT2D eigenvalue weighted by atomic mass is 16.5. The maximum Gasteiger partial charge on any atom is 0.135 e. The average molecular weight is 763 g/mol. The summed E-state index contributed by atoms with van der Waals surface area (Å²) in [7, 11) is 0. The van der Waals surface area contributed by atoms with Gasteiger partial charge in [-0.15, -0.1) is 0 Å². The van der Waals surface area contributed by atoms with Gasteiger partial charge in [0.15, 0.2) is 0 Å². The second-order valence-electron chi connectivity index (χ2n) is 17.2. The molecule has 2 aliphatic rings. The molecule has 1 aliphatic carbocycles. The fourth-order valence-corrected chi connectivity index (χ4v) is 10.7. The summed E-state index contributed by atoms with van der Waals surface area (Å²) in [4.78, 5) is 0. The maximum atomic E-state index is 6.61. The Labute approximate surface area is 349 Å². The third-order valence-electron chi connectivity index (χ3n) is 13.6. The molecule has 11 aromatic carbocycles. The third kappa shape index (κ3) is 4.69. The van der Waals surface area contributed by atoms with Crippen LogP contribution in [0, 0.1) is 0 Å². The average Bonchev–Trinajstić information content (AvgIpc) is 3.53. The second kappa shape index (κ2) is 12.3. The molecule has 0 atom stereocenters. The van der Waals surface area contributed by atoms with Gasteiger partial charge < -0.3 is 4.74 Å². The topological polar surface area (TPSA) is 9.23 Å². The highest BCUT2D eigenvalue weighted by molar-refractivity contribution is 6.27. The molecule has 13 rings (SSSR count). The molecule has 1 nitrogen and oxygen atoms in total. The molecule has 1 heteroatoms. The highest BCUT2D eigenvalue weighted by Gasteiger charge is 2.36. The van der Waals surface area contributed by atoms with Crippen LogP contribution in [0.1, 0.15) is 25.0 Å². The van der Waals surface area contributed by atoms with Crippen molar-refractivity contribution in [3.63, 3.8) is 0 Å². The summed E-state index contributed by atoms with van der Waals surface area (Å²) in [6.45, 7) is 4.79. The minimum Gasteiger partial charge on any atom is -0.456 e. The minimum atomic E-state index is -0.187. The van der Waals surface area contributed by atoms with Gasteiger partial charge in [-0.05, 0) is 140 Å². The van der Waals surface area contributed by atoms with Crippen molar-refractivity contribution in [1.82, 2.24) is 0 Å². The predicted octanol–water partition coefficient (Wildman–Crippen LogP) is 16.5. The van der Waals surface area contributed by atoms with Crippen LogP contribution in [0.4, 0.5) is 0 Å². The summed E-state index contributed by atoms with van der Waals surface area (Å²) in [6, 6.07) is 71.8. The molecule has 0 radical (unpaired) electrons. The van der Waals surface area contributed by atoms with Crippen LogP contribution in [0.25, 0.3) is 110 Å². The van der Waals surface area contributed by atoms with Crippen LogP contribution in [0.15, 0.2) is 194 Å². The van der Waals surface area contributed by atoms with Crippen molar-refractivity contribution in [1.29, 1.82) is 0 Å². The molecule has 0 aromatic heterocycles. The summed E-state index contributed by atoms with van der Waals surface area (Å²) in [5.74, 6) is 1.81. The maximum absolute atomic E-state index is 6.61. The van der Waals surface area contributed by atoms with Crippen LogP contribution in [0.2, 0.25) is 0 Å². The number of hydrogen-bond acceptors (Lipinski definition) is 1. The Morgan fingerprint density at radius 1 is 0.300 bits per heavy atom. The zero-order chi connectivity index (χ0) is 39.7. The van der Waals surface area contributed by atoms with Crippen LogP contribution >= 0.6 is 0 Å². The molecule has 0 saturated heterocycles. The van der Waals surface area contributed by atoms with E-state index in [9.17, 15) is 0 Å². The summed E-state index contributed by atoms with van der Waals surface area (Å²) < 4.78 is 6.61. The first-order valence-electron chi connectivity index (χ1n) is 21.0. The molecule has 60 heavy (non-hydrogen) atoms. The summed E-state index contributed by atoms with van der Waals surface area (Å²) in [5.41, 5.74) is 17.5. The first-order chi connectivity index (χ1) is 29.5. The standard InChI is InChI=1S/C59H38O/c1-59(2)52-33-40(43-24-17-38-18-27-49-42(36-12-7-4-8-13-36)23-16-37-19-28-50(43)57(38)56(37)49)20-25-45(52)46-26-21-41(34-53(46)59)44-29-31-55-58-47(44)14-9-15-48(58)51-32-39(22-30-54(51)60-55)35-10-5-3-6-11-35/h3-34H,1-2H3. The zero-order valence-electron chi connectivity index (χ0n) is 33.4. The molecule has 0 N–H and O–H groups in total. The Morgan fingerprint density at radius 3 is 1.43 bits per heavy atom. The van der Waals surface area contributed by atoms with E-state index in [1.54, 1.807) is 0 Å². The van der Waals surface area contributed by atoms with E-state index < -0.39 is 0 Å². The van der Waals surface area contributed by atoms with Gasteiger partial charge in [-0.3, -0.25) is 0 Å². The number of benzene rings is 11. The Hall–Kier alpha value is -7.48. The second-order valence-corrected chi connectivity index (χ2v) is 17.2. The van der Waals surface area contributed by atoms with E-state index in [4.69, 9.17) is 4.74 Å². The smallest absolute Gasteiger partial charge is 0.135 e. The lowest BCUT2D eigenvalue weighted by molar-refractivity contribution is 0.487. The van der Waals surface area contributed by atoms with Crippen molar-refractivity contribution < 1.29 is 4.74 Å². The summed E-state index contributed by atoms with van der Waals surface area (Å²) in [6.07, 6.45) is 0. The van der Waals surface area contributed by atoms with Gasteiger partial charge in [0.25, 0.3) is 0 Å². The van der Waals surface area contributed by atoms with Crippen molar-refractivity contribution in [2.75, 3.05) is 0 Å². The molecule has 280 valence electrons. The van der Waals surface area contributed by atoms with E-state index in [0.717, 1.165) is 17.1 Å². The third-order valence-corrected chi connectivity index (χ3v) is 13.6. The fraction of sp³-hybridized carbons (Fsp3) is 0.0508. The van der Waals surface area contributed by atoms with E-state index >= 15 is 0 Å². The molecular weight excluding hydrogens is 725 g/mol. The molecule has 1 aliphatic heterocycles. The van der Waals surface area contributed by atoms with E-state index in [-0.39, 0.29) is 5.41 Å². The van der Waals surface area contributed by atoms with Crippen molar-refractivity contribution in [3.8, 4) is 78.3 Å². The quantitative estimate of drug-likeness (QED) is 0.162. The van der Waals surface area contributed by atoms with Gasteiger partial charge in [-0.1, -0.05) is 178 Å². The zero-order valence-corrected chi connectivity index (χ0v) is 33.4. The van der Waals surface area contributed by atoms with Gasteiger partial charge in [0.2, 0.25) is 0 Å².